The van der Waals surface area contributed by atoms with E-state index in [0.29, 0.717) is 12.8 Å². The maximum atomic E-state index is 11.0. The van der Waals surface area contributed by atoms with Gasteiger partial charge in [-0.05, 0) is 12.8 Å². The van der Waals surface area contributed by atoms with Crippen LogP contribution in [0.4, 0.5) is 0 Å². The maximum Gasteiger partial charge on any atom is 0.308 e. The molecule has 0 unspecified atom stereocenters. The largest absolute Gasteiger partial charge is 0.469 e. The van der Waals surface area contributed by atoms with E-state index in [1.807, 2.05) is 0 Å². The van der Waals surface area contributed by atoms with Crippen LogP contribution in [0.15, 0.2) is 0 Å². The standard InChI is InChI=1S/C10H18O4/c1-7(9(11)13-3)5-6-8(2)10(12)14-4/h7-8H,5-6H2,1-4H3/t7-,8+. The summed E-state index contributed by atoms with van der Waals surface area (Å²) >= 11 is 0. The first-order valence-corrected chi connectivity index (χ1v) is 4.68. The van der Waals surface area contributed by atoms with Gasteiger partial charge in [0, 0.05) is 0 Å². The van der Waals surface area contributed by atoms with Crippen LogP contribution in [0.5, 0.6) is 0 Å². The van der Waals surface area contributed by atoms with Crippen molar-refractivity contribution in [2.24, 2.45) is 11.8 Å². The number of methoxy groups -OCH3 is 2. The van der Waals surface area contributed by atoms with Gasteiger partial charge in [0.2, 0.25) is 0 Å². The van der Waals surface area contributed by atoms with Crippen LogP contribution in [0.1, 0.15) is 26.7 Å². The van der Waals surface area contributed by atoms with E-state index in [-0.39, 0.29) is 23.8 Å². The normalized spacial score (nSPS) is 14.3. The lowest BCUT2D eigenvalue weighted by Crippen LogP contribution is -2.17. The van der Waals surface area contributed by atoms with Crippen LogP contribution < -0.4 is 0 Å². The molecule has 0 heterocycles. The minimum Gasteiger partial charge on any atom is -0.469 e. The van der Waals surface area contributed by atoms with Crippen LogP contribution in [0.3, 0.4) is 0 Å². The van der Waals surface area contributed by atoms with E-state index in [1.54, 1.807) is 13.8 Å². The molecule has 0 aromatic carbocycles. The highest BCUT2D eigenvalue weighted by molar-refractivity contribution is 5.73. The molecule has 0 spiro atoms. The molecular weight excluding hydrogens is 184 g/mol. The summed E-state index contributed by atoms with van der Waals surface area (Å²) in [4.78, 5) is 22.1. The first-order chi connectivity index (χ1) is 6.52. The predicted octanol–water partition coefficient (Wildman–Crippen LogP) is 1.38. The molecular formula is C10H18O4. The number of esters is 2. The van der Waals surface area contributed by atoms with Gasteiger partial charge in [-0.3, -0.25) is 9.59 Å². The van der Waals surface area contributed by atoms with Crippen molar-refractivity contribution in [2.45, 2.75) is 26.7 Å². The molecule has 0 radical (unpaired) electrons. The molecule has 0 N–H and O–H groups in total. The lowest BCUT2D eigenvalue weighted by Gasteiger charge is -2.12. The summed E-state index contributed by atoms with van der Waals surface area (Å²) in [6.45, 7) is 3.58. The number of carbonyl (C=O) groups excluding carboxylic acids is 2. The van der Waals surface area contributed by atoms with E-state index in [0.717, 1.165) is 0 Å². The van der Waals surface area contributed by atoms with Gasteiger partial charge in [0.25, 0.3) is 0 Å². The molecule has 2 atom stereocenters. The maximum absolute atomic E-state index is 11.0. The molecule has 0 aromatic rings. The zero-order chi connectivity index (χ0) is 11.1. The molecule has 82 valence electrons. The van der Waals surface area contributed by atoms with Crippen LogP contribution in [0.2, 0.25) is 0 Å². The fourth-order valence-corrected chi connectivity index (χ4v) is 1.14. The van der Waals surface area contributed by atoms with Gasteiger partial charge in [0.1, 0.15) is 0 Å². The van der Waals surface area contributed by atoms with Gasteiger partial charge in [-0.2, -0.15) is 0 Å². The van der Waals surface area contributed by atoms with Crippen LogP contribution in [-0.4, -0.2) is 26.2 Å². The summed E-state index contributed by atoms with van der Waals surface area (Å²) in [6, 6.07) is 0. The van der Waals surface area contributed by atoms with Gasteiger partial charge in [-0.25, -0.2) is 0 Å². The summed E-state index contributed by atoms with van der Waals surface area (Å²) in [6.07, 6.45) is 1.28. The predicted molar refractivity (Wildman–Crippen MR) is 51.6 cm³/mol. The summed E-state index contributed by atoms with van der Waals surface area (Å²) in [7, 11) is 2.73. The fraction of sp³-hybridized carbons (Fsp3) is 0.800. The lowest BCUT2D eigenvalue weighted by atomic mass is 9.98. The van der Waals surface area contributed by atoms with Gasteiger partial charge in [-0.1, -0.05) is 13.8 Å². The Morgan fingerprint density at radius 2 is 1.21 bits per heavy atom. The zero-order valence-corrected chi connectivity index (χ0v) is 9.20. The van der Waals surface area contributed by atoms with Crippen molar-refractivity contribution in [1.29, 1.82) is 0 Å². The minimum atomic E-state index is -0.234. The second-order valence-corrected chi connectivity index (χ2v) is 3.43. The molecule has 0 aliphatic carbocycles. The van der Waals surface area contributed by atoms with Gasteiger partial charge < -0.3 is 9.47 Å². The Bertz CT molecular complexity index is 178. The quantitative estimate of drug-likeness (QED) is 0.632. The molecule has 0 saturated heterocycles. The highest BCUT2D eigenvalue weighted by atomic mass is 16.5. The minimum absolute atomic E-state index is 0.160. The average Bonchev–Trinajstić information content (AvgIpc) is 2.22. The smallest absolute Gasteiger partial charge is 0.308 e. The SMILES string of the molecule is COC(=O)[C@H](C)CC[C@H](C)C(=O)OC. The Balaban J connectivity index is 3.82. The Morgan fingerprint density at radius 3 is 1.43 bits per heavy atom. The topological polar surface area (TPSA) is 52.6 Å². The number of ether oxygens (including phenoxy) is 2. The monoisotopic (exact) mass is 202 g/mol. The van der Waals surface area contributed by atoms with E-state index in [1.165, 1.54) is 14.2 Å². The van der Waals surface area contributed by atoms with Crippen molar-refractivity contribution in [3.05, 3.63) is 0 Å². The summed E-state index contributed by atoms with van der Waals surface area (Å²) in [5, 5.41) is 0. The highest BCUT2D eigenvalue weighted by Gasteiger charge is 2.18. The molecule has 0 aliphatic heterocycles. The molecule has 0 aromatic heterocycles. The molecule has 4 heteroatoms. The number of hydrogen-bond donors (Lipinski definition) is 0. The molecule has 0 amide bonds. The lowest BCUT2D eigenvalue weighted by molar-refractivity contribution is -0.147. The molecule has 0 aliphatic rings. The molecule has 14 heavy (non-hydrogen) atoms. The first-order valence-electron chi connectivity index (χ1n) is 4.68. The van der Waals surface area contributed by atoms with Gasteiger partial charge in [-0.15, -0.1) is 0 Å². The van der Waals surface area contributed by atoms with Crippen LogP contribution in [-0.2, 0) is 19.1 Å². The van der Waals surface area contributed by atoms with Crippen molar-refractivity contribution in [3.8, 4) is 0 Å². The Kier molecular flexibility index (Phi) is 5.92. The van der Waals surface area contributed by atoms with E-state index < -0.39 is 0 Å². The van der Waals surface area contributed by atoms with Crippen LogP contribution in [0.25, 0.3) is 0 Å². The summed E-state index contributed by atoms with van der Waals surface area (Å²) in [5.74, 6) is -0.789. The summed E-state index contributed by atoms with van der Waals surface area (Å²) in [5.41, 5.74) is 0. The van der Waals surface area contributed by atoms with Crippen LogP contribution >= 0.6 is 0 Å². The van der Waals surface area contributed by atoms with Gasteiger partial charge in [0.05, 0.1) is 26.1 Å². The van der Waals surface area contributed by atoms with Crippen molar-refractivity contribution < 1.29 is 19.1 Å². The second-order valence-electron chi connectivity index (χ2n) is 3.43. The van der Waals surface area contributed by atoms with E-state index in [4.69, 9.17) is 0 Å². The average molecular weight is 202 g/mol. The molecule has 0 fully saturated rings. The molecule has 0 rings (SSSR count). The molecule has 0 saturated carbocycles. The van der Waals surface area contributed by atoms with Crippen molar-refractivity contribution >= 4 is 11.9 Å². The summed E-state index contributed by atoms with van der Waals surface area (Å²) < 4.78 is 9.15. The molecule has 0 bridgehead atoms. The first kappa shape index (κ1) is 12.9. The Morgan fingerprint density at radius 1 is 0.929 bits per heavy atom. The van der Waals surface area contributed by atoms with Crippen molar-refractivity contribution in [3.63, 3.8) is 0 Å². The van der Waals surface area contributed by atoms with E-state index in [9.17, 15) is 9.59 Å². The third-order valence-corrected chi connectivity index (χ3v) is 2.24. The van der Waals surface area contributed by atoms with E-state index in [2.05, 4.69) is 9.47 Å². The fourth-order valence-electron chi connectivity index (χ4n) is 1.14. The zero-order valence-electron chi connectivity index (χ0n) is 9.20. The van der Waals surface area contributed by atoms with E-state index >= 15 is 0 Å². The Hall–Kier alpha value is -1.06. The second kappa shape index (κ2) is 6.40. The third-order valence-electron chi connectivity index (χ3n) is 2.24. The highest BCUT2D eigenvalue weighted by Crippen LogP contribution is 2.14. The van der Waals surface area contributed by atoms with Crippen LogP contribution in [0, 0.1) is 11.8 Å². The molecule has 4 nitrogen and oxygen atoms in total. The third kappa shape index (κ3) is 4.25. The van der Waals surface area contributed by atoms with Crippen molar-refractivity contribution in [1.82, 2.24) is 0 Å². The number of rotatable bonds is 5. The van der Waals surface area contributed by atoms with Crippen molar-refractivity contribution in [2.75, 3.05) is 14.2 Å². The Labute approximate surface area is 84.6 Å². The van der Waals surface area contributed by atoms with Gasteiger partial charge in [0.15, 0.2) is 0 Å². The number of carbonyl (C=O) groups is 2. The van der Waals surface area contributed by atoms with Gasteiger partial charge >= 0.3 is 11.9 Å². The number of hydrogen-bond acceptors (Lipinski definition) is 4.